The van der Waals surface area contributed by atoms with E-state index in [0.29, 0.717) is 18.7 Å². The third-order valence-corrected chi connectivity index (χ3v) is 7.54. The lowest BCUT2D eigenvalue weighted by Crippen LogP contribution is -2.38. The van der Waals surface area contributed by atoms with E-state index in [1.165, 1.54) is 11.8 Å². The van der Waals surface area contributed by atoms with Gasteiger partial charge in [0.1, 0.15) is 5.76 Å². The maximum absolute atomic E-state index is 12.1. The van der Waals surface area contributed by atoms with Crippen LogP contribution in [0, 0.1) is 0 Å². The van der Waals surface area contributed by atoms with Crippen LogP contribution < -0.4 is 5.32 Å². The fraction of sp³-hybridized carbons (Fsp3) is 0.688. The molecule has 2 rings (SSSR count). The highest BCUT2D eigenvalue weighted by atomic mass is 32.2. The van der Waals surface area contributed by atoms with Gasteiger partial charge in [-0.2, -0.15) is 0 Å². The normalized spacial score (nSPS) is 21.0. The van der Waals surface area contributed by atoms with Crippen LogP contribution in [0.3, 0.4) is 0 Å². The lowest BCUT2D eigenvalue weighted by Gasteiger charge is -2.28. The minimum absolute atomic E-state index is 0.0100. The van der Waals surface area contributed by atoms with Gasteiger partial charge in [0, 0.05) is 11.8 Å². The smallest absolute Gasteiger partial charge is 0.230 e. The highest BCUT2D eigenvalue weighted by molar-refractivity contribution is 8.02. The van der Waals surface area contributed by atoms with E-state index in [0.717, 1.165) is 18.8 Å². The average Bonchev–Trinajstić information content (AvgIpc) is 3.19. The van der Waals surface area contributed by atoms with Gasteiger partial charge < -0.3 is 9.73 Å². The van der Waals surface area contributed by atoms with Crippen molar-refractivity contribution in [2.75, 3.05) is 36.9 Å². The van der Waals surface area contributed by atoms with E-state index in [-0.39, 0.29) is 28.7 Å². The topological polar surface area (TPSA) is 79.6 Å². The summed E-state index contributed by atoms with van der Waals surface area (Å²) in [5.74, 6) is 1.51. The first-order valence-electron chi connectivity index (χ1n) is 8.31. The molecule has 1 aromatic rings. The number of carbonyl (C=O) groups is 1. The molecule has 1 saturated heterocycles. The van der Waals surface area contributed by atoms with Crippen molar-refractivity contribution in [1.29, 1.82) is 0 Å². The second-order valence-electron chi connectivity index (χ2n) is 5.89. The molecule has 0 spiro atoms. The largest absolute Gasteiger partial charge is 0.468 e. The van der Waals surface area contributed by atoms with Crippen LogP contribution in [0.25, 0.3) is 0 Å². The molecular weight excluding hydrogens is 348 g/mol. The van der Waals surface area contributed by atoms with E-state index >= 15 is 0 Å². The standard InChI is InChI=1S/C16H26N2O4S2/c1-3-18(4-2)14(15-6-5-8-22-15)10-17-16(19)11-23-13-7-9-24(20,21)12-13/h5-6,8,13-14H,3-4,7,9-12H2,1-2H3,(H,17,19). The molecule has 6 nitrogen and oxygen atoms in total. The zero-order valence-corrected chi connectivity index (χ0v) is 15.9. The molecule has 1 aliphatic heterocycles. The van der Waals surface area contributed by atoms with E-state index in [4.69, 9.17) is 4.42 Å². The number of amides is 1. The predicted molar refractivity (Wildman–Crippen MR) is 96.9 cm³/mol. The van der Waals surface area contributed by atoms with Gasteiger partial charge in [-0.1, -0.05) is 13.8 Å². The van der Waals surface area contributed by atoms with Gasteiger partial charge in [0.05, 0.1) is 29.6 Å². The first kappa shape index (κ1) is 19.3. The highest BCUT2D eigenvalue weighted by Gasteiger charge is 2.28. The van der Waals surface area contributed by atoms with Crippen LogP contribution in [0.15, 0.2) is 22.8 Å². The summed E-state index contributed by atoms with van der Waals surface area (Å²) < 4.78 is 28.4. The number of sulfone groups is 1. The second kappa shape index (κ2) is 8.92. The van der Waals surface area contributed by atoms with Gasteiger partial charge >= 0.3 is 0 Å². The number of furan rings is 1. The van der Waals surface area contributed by atoms with Crippen molar-refractivity contribution >= 4 is 27.5 Å². The summed E-state index contributed by atoms with van der Waals surface area (Å²) in [5, 5.41) is 3.00. The van der Waals surface area contributed by atoms with Crippen LogP contribution in [0.5, 0.6) is 0 Å². The summed E-state index contributed by atoms with van der Waals surface area (Å²) in [4.78, 5) is 14.3. The van der Waals surface area contributed by atoms with Gasteiger partial charge in [-0.05, 0) is 31.6 Å². The monoisotopic (exact) mass is 374 g/mol. The number of nitrogens with one attached hydrogen (secondary N) is 1. The third kappa shape index (κ3) is 5.53. The summed E-state index contributed by atoms with van der Waals surface area (Å²) in [7, 11) is -2.89. The van der Waals surface area contributed by atoms with Crippen molar-refractivity contribution in [3.05, 3.63) is 24.2 Å². The van der Waals surface area contributed by atoms with Crippen LogP contribution in [-0.2, 0) is 14.6 Å². The molecule has 2 atom stereocenters. The lowest BCUT2D eigenvalue weighted by molar-refractivity contribution is -0.118. The number of likely N-dealkylation sites (N-methyl/N-ethyl adjacent to an activating group) is 1. The Morgan fingerprint density at radius 1 is 1.46 bits per heavy atom. The molecule has 1 fully saturated rings. The van der Waals surface area contributed by atoms with E-state index in [1.54, 1.807) is 6.26 Å². The Labute approximate surface area is 148 Å². The fourth-order valence-electron chi connectivity index (χ4n) is 2.90. The van der Waals surface area contributed by atoms with E-state index in [9.17, 15) is 13.2 Å². The molecule has 8 heteroatoms. The molecule has 136 valence electrons. The van der Waals surface area contributed by atoms with Gasteiger partial charge in [-0.3, -0.25) is 9.69 Å². The summed E-state index contributed by atoms with van der Waals surface area (Å²) in [6.07, 6.45) is 2.29. The number of nitrogens with zero attached hydrogens (tertiary/aromatic N) is 1. The minimum Gasteiger partial charge on any atom is -0.468 e. The van der Waals surface area contributed by atoms with Crippen LogP contribution in [0.4, 0.5) is 0 Å². The zero-order chi connectivity index (χ0) is 17.6. The predicted octanol–water partition coefficient (Wildman–Crippen LogP) is 1.70. The van der Waals surface area contributed by atoms with Gasteiger partial charge in [0.25, 0.3) is 0 Å². The van der Waals surface area contributed by atoms with E-state index < -0.39 is 9.84 Å². The third-order valence-electron chi connectivity index (χ3n) is 4.26. The molecule has 1 amide bonds. The number of carbonyl (C=O) groups excluding carboxylic acids is 1. The first-order chi connectivity index (χ1) is 11.4. The van der Waals surface area contributed by atoms with Crippen molar-refractivity contribution in [2.24, 2.45) is 0 Å². The van der Waals surface area contributed by atoms with Crippen molar-refractivity contribution in [2.45, 2.75) is 31.6 Å². The second-order valence-corrected chi connectivity index (χ2v) is 9.41. The Balaban J connectivity index is 1.82. The summed E-state index contributed by atoms with van der Waals surface area (Å²) in [5.41, 5.74) is 0. The lowest BCUT2D eigenvalue weighted by atomic mass is 10.2. The van der Waals surface area contributed by atoms with Gasteiger partial charge in [-0.25, -0.2) is 8.42 Å². The molecule has 24 heavy (non-hydrogen) atoms. The van der Waals surface area contributed by atoms with Crippen molar-refractivity contribution in [3.63, 3.8) is 0 Å². The molecule has 0 saturated carbocycles. The maximum atomic E-state index is 12.1. The van der Waals surface area contributed by atoms with E-state index in [1.807, 2.05) is 12.1 Å². The number of rotatable bonds is 9. The Hall–Kier alpha value is -0.990. The van der Waals surface area contributed by atoms with Gasteiger partial charge in [-0.15, -0.1) is 11.8 Å². The molecule has 1 aromatic heterocycles. The molecule has 0 aromatic carbocycles. The fourth-order valence-corrected chi connectivity index (χ4v) is 6.38. The van der Waals surface area contributed by atoms with Crippen LogP contribution >= 0.6 is 11.8 Å². The van der Waals surface area contributed by atoms with Crippen LogP contribution in [-0.4, -0.2) is 61.4 Å². The molecule has 0 bridgehead atoms. The van der Waals surface area contributed by atoms with Gasteiger partial charge in [0.2, 0.25) is 5.91 Å². The Bertz CT molecular complexity index is 612. The average molecular weight is 375 g/mol. The van der Waals surface area contributed by atoms with Gasteiger partial charge in [0.15, 0.2) is 9.84 Å². The van der Waals surface area contributed by atoms with Crippen molar-refractivity contribution < 1.29 is 17.6 Å². The molecule has 0 radical (unpaired) electrons. The maximum Gasteiger partial charge on any atom is 0.230 e. The zero-order valence-electron chi connectivity index (χ0n) is 14.2. The Morgan fingerprint density at radius 2 is 2.21 bits per heavy atom. The first-order valence-corrected chi connectivity index (χ1v) is 11.2. The summed E-state index contributed by atoms with van der Waals surface area (Å²) in [6, 6.07) is 3.79. The number of thioether (sulfide) groups is 1. The van der Waals surface area contributed by atoms with Crippen molar-refractivity contribution in [1.82, 2.24) is 10.2 Å². The summed E-state index contributed by atoms with van der Waals surface area (Å²) in [6.45, 7) is 6.38. The molecular formula is C16H26N2O4S2. The van der Waals surface area contributed by atoms with Crippen LogP contribution in [0.1, 0.15) is 32.1 Å². The number of hydrogen-bond donors (Lipinski definition) is 1. The summed E-state index contributed by atoms with van der Waals surface area (Å²) >= 11 is 1.44. The molecule has 1 N–H and O–H groups in total. The highest BCUT2D eigenvalue weighted by Crippen LogP contribution is 2.24. The quantitative estimate of drug-likeness (QED) is 0.709. The van der Waals surface area contributed by atoms with E-state index in [2.05, 4.69) is 24.1 Å². The Morgan fingerprint density at radius 3 is 2.75 bits per heavy atom. The van der Waals surface area contributed by atoms with Crippen molar-refractivity contribution in [3.8, 4) is 0 Å². The molecule has 1 aliphatic rings. The molecule has 2 unspecified atom stereocenters. The minimum atomic E-state index is -2.89. The molecule has 2 heterocycles. The SMILES string of the molecule is CCN(CC)C(CNC(=O)CSC1CCS(=O)(=O)C1)c1ccco1. The number of hydrogen-bond acceptors (Lipinski definition) is 6. The Kier molecular flexibility index (Phi) is 7.18. The van der Waals surface area contributed by atoms with Crippen LogP contribution in [0.2, 0.25) is 0 Å². The molecule has 0 aliphatic carbocycles.